The molecule has 0 radical (unpaired) electrons. The van der Waals surface area contributed by atoms with E-state index in [2.05, 4.69) is 36.4 Å². The number of aromatic amines is 1. The van der Waals surface area contributed by atoms with E-state index < -0.39 is 6.10 Å². The van der Waals surface area contributed by atoms with Gasteiger partial charge in [0.1, 0.15) is 10.2 Å². The maximum atomic E-state index is 11.9. The van der Waals surface area contributed by atoms with Crippen LogP contribution in [0.2, 0.25) is 5.02 Å². The first-order valence-corrected chi connectivity index (χ1v) is 9.69. The third-order valence-corrected chi connectivity index (χ3v) is 4.98. The average molecular weight is 502 g/mol. The Morgan fingerprint density at radius 1 is 1.28 bits per heavy atom. The highest BCUT2D eigenvalue weighted by molar-refractivity contribution is 9.10. The molecule has 0 aliphatic carbocycles. The minimum absolute atomic E-state index is 0. The number of halogens is 3. The lowest BCUT2D eigenvalue weighted by Crippen LogP contribution is -2.16. The molecule has 7 nitrogen and oxygen atoms in total. The van der Waals surface area contributed by atoms with Crippen molar-refractivity contribution in [2.24, 2.45) is 0 Å². The van der Waals surface area contributed by atoms with Gasteiger partial charge in [-0.15, -0.1) is 17.5 Å². The summed E-state index contributed by atoms with van der Waals surface area (Å²) >= 11 is 9.13. The van der Waals surface area contributed by atoms with E-state index in [1.807, 2.05) is 12.1 Å². The van der Waals surface area contributed by atoms with Crippen LogP contribution in [0.15, 0.2) is 58.1 Å². The Bertz CT molecular complexity index is 971. The maximum Gasteiger partial charge on any atom is 0.280 e. The molecular weight excluding hydrogens is 483 g/mol. The number of nitrogens with one attached hydrogen (secondary N) is 2. The summed E-state index contributed by atoms with van der Waals surface area (Å²) in [5.41, 5.74) is 1.76. The first kappa shape index (κ1) is 23.2. The van der Waals surface area contributed by atoms with Crippen LogP contribution in [0.25, 0.3) is 0 Å². The van der Waals surface area contributed by atoms with E-state index in [0.717, 1.165) is 11.1 Å². The quantitative estimate of drug-likeness (QED) is 0.429. The van der Waals surface area contributed by atoms with Crippen LogP contribution in [-0.2, 0) is 6.54 Å². The van der Waals surface area contributed by atoms with E-state index in [1.54, 1.807) is 36.7 Å². The SMILES string of the molecule is Cl.O=c1[nH]nc(OCC[C@@H](O)c2ccc(Cl)cc2)c(NCc2cccnc2)c1Br. The molecule has 3 aromatic rings. The number of nitrogens with zero attached hydrogens (tertiary/aromatic N) is 2. The van der Waals surface area contributed by atoms with Crippen LogP contribution in [0.5, 0.6) is 5.88 Å². The molecule has 3 N–H and O–H groups in total. The van der Waals surface area contributed by atoms with E-state index in [-0.39, 0.29) is 30.5 Å². The molecule has 29 heavy (non-hydrogen) atoms. The highest BCUT2D eigenvalue weighted by Gasteiger charge is 2.15. The summed E-state index contributed by atoms with van der Waals surface area (Å²) in [6.07, 6.45) is 3.07. The summed E-state index contributed by atoms with van der Waals surface area (Å²) < 4.78 is 5.99. The Balaban J connectivity index is 0.00000300. The monoisotopic (exact) mass is 500 g/mol. The molecule has 0 saturated carbocycles. The zero-order valence-electron chi connectivity index (χ0n) is 15.1. The number of aromatic nitrogens is 3. The number of pyridine rings is 1. The summed E-state index contributed by atoms with van der Waals surface area (Å²) in [6, 6.07) is 10.7. The molecule has 0 unspecified atom stereocenters. The lowest BCUT2D eigenvalue weighted by atomic mass is 10.1. The zero-order valence-corrected chi connectivity index (χ0v) is 18.3. The fourth-order valence-corrected chi connectivity index (χ4v) is 3.01. The van der Waals surface area contributed by atoms with Crippen molar-refractivity contribution in [1.29, 1.82) is 0 Å². The van der Waals surface area contributed by atoms with Crippen molar-refractivity contribution in [3.8, 4) is 5.88 Å². The van der Waals surface area contributed by atoms with Crippen LogP contribution in [0.1, 0.15) is 23.7 Å². The predicted octanol–water partition coefficient (Wildman–Crippen LogP) is 4.12. The van der Waals surface area contributed by atoms with Gasteiger partial charge in [-0.25, -0.2) is 5.10 Å². The number of hydrogen-bond donors (Lipinski definition) is 3. The van der Waals surface area contributed by atoms with Gasteiger partial charge in [-0.2, -0.15) is 0 Å². The largest absolute Gasteiger partial charge is 0.475 e. The normalized spacial score (nSPS) is 11.4. The number of rotatable bonds is 8. The van der Waals surface area contributed by atoms with Crippen LogP contribution >= 0.6 is 39.9 Å². The Kier molecular flexibility index (Phi) is 8.91. The van der Waals surface area contributed by atoms with Crippen LogP contribution < -0.4 is 15.6 Å². The second kappa shape index (κ2) is 11.2. The Morgan fingerprint density at radius 2 is 2.03 bits per heavy atom. The van der Waals surface area contributed by atoms with Crippen LogP contribution in [0.4, 0.5) is 5.69 Å². The van der Waals surface area contributed by atoms with E-state index in [4.69, 9.17) is 16.3 Å². The summed E-state index contributed by atoms with van der Waals surface area (Å²) in [5, 5.41) is 20.4. The van der Waals surface area contributed by atoms with Crippen molar-refractivity contribution in [2.75, 3.05) is 11.9 Å². The van der Waals surface area contributed by atoms with Crippen LogP contribution in [-0.4, -0.2) is 26.9 Å². The molecule has 0 amide bonds. The summed E-state index contributed by atoms with van der Waals surface area (Å²) in [7, 11) is 0. The zero-order chi connectivity index (χ0) is 19.9. The highest BCUT2D eigenvalue weighted by Crippen LogP contribution is 2.28. The second-order valence-corrected chi connectivity index (χ2v) is 7.20. The predicted molar refractivity (Wildman–Crippen MR) is 118 cm³/mol. The van der Waals surface area contributed by atoms with Crippen molar-refractivity contribution in [2.45, 2.75) is 19.1 Å². The summed E-state index contributed by atoms with van der Waals surface area (Å²) in [5.74, 6) is 0.235. The van der Waals surface area contributed by atoms with E-state index >= 15 is 0 Å². The first-order valence-electron chi connectivity index (χ1n) is 8.52. The Labute approximate surface area is 187 Å². The second-order valence-electron chi connectivity index (χ2n) is 5.97. The number of hydrogen-bond acceptors (Lipinski definition) is 6. The van der Waals surface area contributed by atoms with Crippen molar-refractivity contribution in [3.05, 3.63) is 79.8 Å². The number of ether oxygens (including phenoxy) is 1. The number of aliphatic hydroxyl groups is 1. The van der Waals surface area contributed by atoms with Crippen molar-refractivity contribution < 1.29 is 9.84 Å². The third-order valence-electron chi connectivity index (χ3n) is 3.97. The van der Waals surface area contributed by atoms with Gasteiger partial charge < -0.3 is 15.2 Å². The molecule has 154 valence electrons. The smallest absolute Gasteiger partial charge is 0.280 e. The van der Waals surface area contributed by atoms with Crippen molar-refractivity contribution in [3.63, 3.8) is 0 Å². The van der Waals surface area contributed by atoms with E-state index in [9.17, 15) is 9.90 Å². The Morgan fingerprint density at radius 3 is 2.72 bits per heavy atom. The topological polar surface area (TPSA) is 100 Å². The molecule has 0 saturated heterocycles. The van der Waals surface area contributed by atoms with Gasteiger partial charge in [-0.05, 0) is 45.3 Å². The van der Waals surface area contributed by atoms with Crippen molar-refractivity contribution >= 4 is 45.6 Å². The van der Waals surface area contributed by atoms with Gasteiger partial charge in [0.25, 0.3) is 11.4 Å². The molecule has 2 heterocycles. The number of anilines is 1. The Hall–Kier alpha value is -2.13. The van der Waals surface area contributed by atoms with Gasteiger partial charge in [0.05, 0.1) is 12.7 Å². The molecular formula is C19H19BrCl2N4O3. The average Bonchev–Trinajstić information content (AvgIpc) is 2.71. The minimum atomic E-state index is -0.699. The van der Waals surface area contributed by atoms with E-state index in [0.29, 0.717) is 28.1 Å². The molecule has 0 spiro atoms. The highest BCUT2D eigenvalue weighted by atomic mass is 79.9. The molecule has 0 aliphatic heterocycles. The molecule has 3 rings (SSSR count). The molecule has 2 aromatic heterocycles. The fraction of sp³-hybridized carbons (Fsp3) is 0.211. The summed E-state index contributed by atoms with van der Waals surface area (Å²) in [4.78, 5) is 15.9. The first-order chi connectivity index (χ1) is 13.5. The van der Waals surface area contributed by atoms with Gasteiger partial charge in [0.15, 0.2) is 0 Å². The van der Waals surface area contributed by atoms with Gasteiger partial charge >= 0.3 is 0 Å². The fourth-order valence-electron chi connectivity index (χ4n) is 2.48. The molecule has 10 heteroatoms. The molecule has 0 aliphatic rings. The van der Waals surface area contributed by atoms with Crippen LogP contribution in [0.3, 0.4) is 0 Å². The lowest BCUT2D eigenvalue weighted by molar-refractivity contribution is 0.139. The van der Waals surface area contributed by atoms with Crippen LogP contribution in [0, 0.1) is 0 Å². The lowest BCUT2D eigenvalue weighted by Gasteiger charge is -2.15. The van der Waals surface area contributed by atoms with Gasteiger partial charge in [-0.3, -0.25) is 9.78 Å². The number of benzene rings is 1. The number of aliphatic hydroxyl groups excluding tert-OH is 1. The van der Waals surface area contributed by atoms with Crippen molar-refractivity contribution in [1.82, 2.24) is 15.2 Å². The standard InChI is InChI=1S/C19H18BrClN4O3.ClH/c20-16-17(23-11-12-2-1-8-22-10-12)19(25-24-18(16)27)28-9-7-15(26)13-3-5-14(21)6-4-13;/h1-6,8,10,15,26H,7,9,11H2,(H2,23,24,27);1H/t15-;/m1./s1. The maximum absolute atomic E-state index is 11.9. The van der Waals surface area contributed by atoms with E-state index in [1.165, 1.54) is 0 Å². The van der Waals surface area contributed by atoms with Gasteiger partial charge in [0.2, 0.25) is 0 Å². The van der Waals surface area contributed by atoms with Gasteiger partial charge in [0, 0.05) is 30.4 Å². The molecule has 0 bridgehead atoms. The summed E-state index contributed by atoms with van der Waals surface area (Å²) in [6.45, 7) is 0.651. The molecule has 1 aromatic carbocycles. The number of H-pyrrole nitrogens is 1. The third kappa shape index (κ3) is 6.43. The minimum Gasteiger partial charge on any atom is -0.475 e. The molecule has 1 atom stereocenters. The van der Waals surface area contributed by atoms with Gasteiger partial charge in [-0.1, -0.05) is 29.8 Å². The molecule has 0 fully saturated rings.